The lowest BCUT2D eigenvalue weighted by molar-refractivity contribution is 0.0690. The predicted octanol–water partition coefficient (Wildman–Crippen LogP) is 3.05. The van der Waals surface area contributed by atoms with Crippen molar-refractivity contribution in [2.45, 2.75) is 33.1 Å². The van der Waals surface area contributed by atoms with Gasteiger partial charge in [0, 0.05) is 19.3 Å². The van der Waals surface area contributed by atoms with Crippen LogP contribution in [0.2, 0.25) is 0 Å². The summed E-state index contributed by atoms with van der Waals surface area (Å²) in [5, 5.41) is 9.57. The van der Waals surface area contributed by atoms with Crippen molar-refractivity contribution in [3.8, 4) is 0 Å². The highest BCUT2D eigenvalue weighted by atomic mass is 16.4. The Labute approximate surface area is 124 Å². The Hall–Kier alpha value is -2.04. The van der Waals surface area contributed by atoms with Crippen LogP contribution in [0.1, 0.15) is 43.6 Å². The maximum absolute atomic E-state index is 11.7. The zero-order valence-electron chi connectivity index (χ0n) is 12.5. The van der Waals surface area contributed by atoms with Gasteiger partial charge in [-0.05, 0) is 36.8 Å². The quantitative estimate of drug-likeness (QED) is 0.922. The molecule has 0 spiro atoms. The van der Waals surface area contributed by atoms with Gasteiger partial charge in [0.1, 0.15) is 5.65 Å². The van der Waals surface area contributed by atoms with E-state index in [0.29, 0.717) is 16.9 Å². The van der Waals surface area contributed by atoms with Gasteiger partial charge in [0.05, 0.1) is 0 Å². The predicted molar refractivity (Wildman–Crippen MR) is 82.0 cm³/mol. The first kappa shape index (κ1) is 13.9. The zero-order valence-corrected chi connectivity index (χ0v) is 12.5. The van der Waals surface area contributed by atoms with Crippen LogP contribution in [-0.2, 0) is 0 Å². The molecule has 1 aliphatic heterocycles. The van der Waals surface area contributed by atoms with Gasteiger partial charge < -0.3 is 10.0 Å². The second-order valence-corrected chi connectivity index (χ2v) is 6.52. The minimum atomic E-state index is -0.924. The van der Waals surface area contributed by atoms with Crippen molar-refractivity contribution >= 4 is 17.4 Å². The number of imidazole rings is 1. The summed E-state index contributed by atoms with van der Waals surface area (Å²) in [6.45, 7) is 6.28. The number of hydrogen-bond donors (Lipinski definition) is 1. The lowest BCUT2D eigenvalue weighted by Gasteiger charge is -2.23. The van der Waals surface area contributed by atoms with E-state index >= 15 is 0 Å². The number of aromatic carboxylic acids is 1. The number of pyridine rings is 1. The highest BCUT2D eigenvalue weighted by Gasteiger charge is 2.28. The summed E-state index contributed by atoms with van der Waals surface area (Å²) >= 11 is 0. The molecule has 2 aromatic rings. The molecule has 1 saturated heterocycles. The van der Waals surface area contributed by atoms with Crippen molar-refractivity contribution in [2.24, 2.45) is 5.41 Å². The third kappa shape index (κ3) is 2.60. The molecule has 0 aromatic carbocycles. The molecule has 0 atom stereocenters. The summed E-state index contributed by atoms with van der Waals surface area (Å²) in [5.41, 5.74) is 1.27. The summed E-state index contributed by atoms with van der Waals surface area (Å²) in [4.78, 5) is 18.4. The number of aromatic nitrogens is 2. The molecule has 0 radical (unpaired) electrons. The molecule has 1 aliphatic rings. The fourth-order valence-electron chi connectivity index (χ4n) is 3.04. The van der Waals surface area contributed by atoms with Crippen LogP contribution in [0.5, 0.6) is 0 Å². The van der Waals surface area contributed by atoms with Crippen molar-refractivity contribution in [3.63, 3.8) is 0 Å². The maximum Gasteiger partial charge on any atom is 0.356 e. The van der Waals surface area contributed by atoms with Gasteiger partial charge in [0.25, 0.3) is 0 Å². The van der Waals surface area contributed by atoms with Crippen LogP contribution in [0.4, 0.5) is 5.82 Å². The Balaban J connectivity index is 2.03. The molecule has 3 rings (SSSR count). The summed E-state index contributed by atoms with van der Waals surface area (Å²) in [6, 6.07) is 5.55. The molecule has 1 N–H and O–H groups in total. The average molecular weight is 287 g/mol. The summed E-state index contributed by atoms with van der Waals surface area (Å²) in [7, 11) is 0. The van der Waals surface area contributed by atoms with E-state index < -0.39 is 5.97 Å². The van der Waals surface area contributed by atoms with E-state index in [9.17, 15) is 9.90 Å². The third-order valence-electron chi connectivity index (χ3n) is 4.35. The lowest BCUT2D eigenvalue weighted by Crippen LogP contribution is -2.27. The van der Waals surface area contributed by atoms with Crippen molar-refractivity contribution in [2.75, 3.05) is 18.0 Å². The second kappa shape index (κ2) is 5.06. The molecule has 0 saturated carbocycles. The number of carboxylic acids is 1. The van der Waals surface area contributed by atoms with E-state index in [1.165, 1.54) is 6.42 Å². The average Bonchev–Trinajstić information content (AvgIpc) is 2.72. The van der Waals surface area contributed by atoms with Gasteiger partial charge in [-0.15, -0.1) is 0 Å². The minimum absolute atomic E-state index is 0.269. The molecule has 0 unspecified atom stereocenters. The monoisotopic (exact) mass is 287 g/mol. The normalized spacial score (nSPS) is 18.7. The Morgan fingerprint density at radius 1 is 1.29 bits per heavy atom. The van der Waals surface area contributed by atoms with E-state index in [1.807, 2.05) is 18.2 Å². The van der Waals surface area contributed by atoms with Crippen LogP contribution < -0.4 is 4.90 Å². The fourth-order valence-corrected chi connectivity index (χ4v) is 3.04. The zero-order chi connectivity index (χ0) is 15.0. The first-order valence-electron chi connectivity index (χ1n) is 7.43. The van der Waals surface area contributed by atoms with E-state index in [1.54, 1.807) is 10.6 Å². The number of carbonyl (C=O) groups is 1. The Morgan fingerprint density at radius 3 is 2.86 bits per heavy atom. The molecule has 2 aromatic heterocycles. The van der Waals surface area contributed by atoms with Crippen LogP contribution in [0.3, 0.4) is 0 Å². The number of hydrogen-bond acceptors (Lipinski definition) is 3. The number of nitrogens with zero attached hydrogens (tertiary/aromatic N) is 3. The molecule has 0 aliphatic carbocycles. The van der Waals surface area contributed by atoms with Crippen molar-refractivity contribution in [3.05, 3.63) is 30.1 Å². The smallest absolute Gasteiger partial charge is 0.356 e. The SMILES string of the molecule is CC1(C)CCCN(c2nc3ccccn3c2C(=O)O)CC1. The Kier molecular flexibility index (Phi) is 3.35. The summed E-state index contributed by atoms with van der Waals surface area (Å²) < 4.78 is 1.66. The third-order valence-corrected chi connectivity index (χ3v) is 4.35. The number of carboxylic acid groups (broad SMARTS) is 1. The Morgan fingerprint density at radius 2 is 2.10 bits per heavy atom. The van der Waals surface area contributed by atoms with Crippen LogP contribution in [0.25, 0.3) is 5.65 Å². The lowest BCUT2D eigenvalue weighted by atomic mass is 9.85. The standard InChI is InChI=1S/C16H21N3O2/c1-16(2)7-5-9-18(11-8-16)14-13(15(20)21)19-10-4-3-6-12(19)17-14/h3-4,6,10H,5,7-9,11H2,1-2H3,(H,20,21). The van der Waals surface area contributed by atoms with Gasteiger partial charge in [-0.3, -0.25) is 4.40 Å². The van der Waals surface area contributed by atoms with Crippen LogP contribution >= 0.6 is 0 Å². The Bertz CT molecular complexity index is 675. The first-order valence-corrected chi connectivity index (χ1v) is 7.43. The highest BCUT2D eigenvalue weighted by molar-refractivity contribution is 5.93. The van der Waals surface area contributed by atoms with Crippen LogP contribution in [-0.4, -0.2) is 33.6 Å². The van der Waals surface area contributed by atoms with Crippen molar-refractivity contribution in [1.29, 1.82) is 0 Å². The van der Waals surface area contributed by atoms with Crippen molar-refractivity contribution < 1.29 is 9.90 Å². The molecule has 5 heteroatoms. The first-order chi connectivity index (χ1) is 9.98. The van der Waals surface area contributed by atoms with Gasteiger partial charge in [-0.2, -0.15) is 0 Å². The van der Waals surface area contributed by atoms with Gasteiger partial charge in [-0.1, -0.05) is 19.9 Å². The van der Waals surface area contributed by atoms with Crippen LogP contribution in [0, 0.1) is 5.41 Å². The summed E-state index contributed by atoms with van der Waals surface area (Å²) in [6.07, 6.45) is 5.05. The number of fused-ring (bicyclic) bond motifs is 1. The molecule has 3 heterocycles. The minimum Gasteiger partial charge on any atom is -0.476 e. The number of rotatable bonds is 2. The maximum atomic E-state index is 11.7. The van der Waals surface area contributed by atoms with Crippen molar-refractivity contribution in [1.82, 2.24) is 9.38 Å². The fraction of sp³-hybridized carbons (Fsp3) is 0.500. The molecule has 1 fully saturated rings. The number of anilines is 1. The van der Waals surface area contributed by atoms with Crippen LogP contribution in [0.15, 0.2) is 24.4 Å². The van der Waals surface area contributed by atoms with E-state index in [0.717, 1.165) is 25.9 Å². The topological polar surface area (TPSA) is 57.8 Å². The van der Waals surface area contributed by atoms with Gasteiger partial charge in [0.15, 0.2) is 11.5 Å². The van der Waals surface area contributed by atoms with E-state index in [4.69, 9.17) is 0 Å². The molecule has 5 nitrogen and oxygen atoms in total. The molecule has 0 amide bonds. The van der Waals surface area contributed by atoms with Gasteiger partial charge in [-0.25, -0.2) is 9.78 Å². The molecular weight excluding hydrogens is 266 g/mol. The molecular formula is C16H21N3O2. The van der Waals surface area contributed by atoms with E-state index in [2.05, 4.69) is 23.7 Å². The molecule has 21 heavy (non-hydrogen) atoms. The summed E-state index contributed by atoms with van der Waals surface area (Å²) in [5.74, 6) is -0.321. The highest BCUT2D eigenvalue weighted by Crippen LogP contribution is 2.32. The largest absolute Gasteiger partial charge is 0.476 e. The molecule has 0 bridgehead atoms. The second-order valence-electron chi connectivity index (χ2n) is 6.52. The van der Waals surface area contributed by atoms with Gasteiger partial charge in [0.2, 0.25) is 0 Å². The van der Waals surface area contributed by atoms with Gasteiger partial charge >= 0.3 is 5.97 Å². The molecule has 112 valence electrons. The van der Waals surface area contributed by atoms with E-state index in [-0.39, 0.29) is 5.69 Å².